The molecule has 0 amide bonds. The SMILES string of the molecule is Cc1cccnc1COc1ccc2c(Br)c[nH]c2n1. The Morgan fingerprint density at radius 3 is 3.05 bits per heavy atom. The van der Waals surface area contributed by atoms with Crippen molar-refractivity contribution in [2.45, 2.75) is 13.5 Å². The van der Waals surface area contributed by atoms with Gasteiger partial charge in [-0.3, -0.25) is 4.98 Å². The highest BCUT2D eigenvalue weighted by Gasteiger charge is 2.05. The summed E-state index contributed by atoms with van der Waals surface area (Å²) < 4.78 is 6.68. The summed E-state index contributed by atoms with van der Waals surface area (Å²) in [4.78, 5) is 11.8. The monoisotopic (exact) mass is 317 g/mol. The topological polar surface area (TPSA) is 50.8 Å². The average molecular weight is 318 g/mol. The molecule has 0 fully saturated rings. The van der Waals surface area contributed by atoms with E-state index in [2.05, 4.69) is 30.9 Å². The van der Waals surface area contributed by atoms with Gasteiger partial charge in [0.15, 0.2) is 0 Å². The Balaban J connectivity index is 1.80. The zero-order valence-corrected chi connectivity index (χ0v) is 11.9. The molecular formula is C14H12BrN3O. The summed E-state index contributed by atoms with van der Waals surface area (Å²) in [5.74, 6) is 0.590. The second kappa shape index (κ2) is 5.01. The Morgan fingerprint density at radius 1 is 1.32 bits per heavy atom. The molecule has 1 N–H and O–H groups in total. The van der Waals surface area contributed by atoms with Crippen LogP contribution in [0.2, 0.25) is 0 Å². The molecular weight excluding hydrogens is 306 g/mol. The second-order valence-electron chi connectivity index (χ2n) is 4.24. The van der Waals surface area contributed by atoms with Gasteiger partial charge in [-0.15, -0.1) is 0 Å². The van der Waals surface area contributed by atoms with Crippen molar-refractivity contribution in [3.63, 3.8) is 0 Å². The van der Waals surface area contributed by atoms with E-state index in [4.69, 9.17) is 4.74 Å². The third-order valence-electron chi connectivity index (χ3n) is 2.94. The fraction of sp³-hybridized carbons (Fsp3) is 0.143. The van der Waals surface area contributed by atoms with Crippen molar-refractivity contribution in [1.82, 2.24) is 15.0 Å². The number of aryl methyl sites for hydroxylation is 1. The fourth-order valence-electron chi connectivity index (χ4n) is 1.85. The molecule has 0 unspecified atom stereocenters. The molecule has 0 aliphatic heterocycles. The van der Waals surface area contributed by atoms with Crippen LogP contribution in [0, 0.1) is 6.92 Å². The minimum Gasteiger partial charge on any atom is -0.471 e. The highest BCUT2D eigenvalue weighted by Crippen LogP contribution is 2.24. The molecule has 0 atom stereocenters. The summed E-state index contributed by atoms with van der Waals surface area (Å²) in [7, 11) is 0. The number of nitrogens with zero attached hydrogens (tertiary/aromatic N) is 2. The number of H-pyrrole nitrogens is 1. The molecule has 0 bridgehead atoms. The number of nitrogens with one attached hydrogen (secondary N) is 1. The van der Waals surface area contributed by atoms with Crippen molar-refractivity contribution in [2.24, 2.45) is 0 Å². The second-order valence-corrected chi connectivity index (χ2v) is 5.09. The number of halogens is 1. The maximum Gasteiger partial charge on any atom is 0.215 e. The van der Waals surface area contributed by atoms with Crippen LogP contribution in [0.15, 0.2) is 41.1 Å². The van der Waals surface area contributed by atoms with Crippen LogP contribution in [0.25, 0.3) is 11.0 Å². The molecule has 3 heterocycles. The average Bonchev–Trinajstić information content (AvgIpc) is 2.79. The quantitative estimate of drug-likeness (QED) is 0.802. The highest BCUT2D eigenvalue weighted by molar-refractivity contribution is 9.10. The van der Waals surface area contributed by atoms with Gasteiger partial charge in [-0.2, -0.15) is 4.98 Å². The van der Waals surface area contributed by atoms with Gasteiger partial charge in [0.25, 0.3) is 0 Å². The van der Waals surface area contributed by atoms with E-state index in [-0.39, 0.29) is 0 Å². The zero-order valence-electron chi connectivity index (χ0n) is 10.4. The minimum atomic E-state index is 0.424. The largest absolute Gasteiger partial charge is 0.471 e. The number of aromatic nitrogens is 3. The van der Waals surface area contributed by atoms with Gasteiger partial charge in [0.1, 0.15) is 12.3 Å². The smallest absolute Gasteiger partial charge is 0.215 e. The van der Waals surface area contributed by atoms with Crippen LogP contribution in [-0.4, -0.2) is 15.0 Å². The molecule has 0 aliphatic carbocycles. The van der Waals surface area contributed by atoms with E-state index in [9.17, 15) is 0 Å². The third-order valence-corrected chi connectivity index (χ3v) is 3.59. The summed E-state index contributed by atoms with van der Waals surface area (Å²) in [5, 5.41) is 1.04. The lowest BCUT2D eigenvalue weighted by molar-refractivity contribution is 0.289. The molecule has 3 aromatic heterocycles. The predicted molar refractivity (Wildman–Crippen MR) is 77.1 cm³/mol. The van der Waals surface area contributed by atoms with E-state index < -0.39 is 0 Å². The van der Waals surface area contributed by atoms with Crippen molar-refractivity contribution in [2.75, 3.05) is 0 Å². The Labute approximate surface area is 119 Å². The van der Waals surface area contributed by atoms with Crippen LogP contribution in [0.3, 0.4) is 0 Å². The molecule has 0 spiro atoms. The Hall–Kier alpha value is -1.88. The van der Waals surface area contributed by atoms with E-state index in [1.54, 1.807) is 6.20 Å². The van der Waals surface area contributed by atoms with Crippen LogP contribution in [-0.2, 0) is 6.61 Å². The first kappa shape index (κ1) is 12.2. The van der Waals surface area contributed by atoms with Gasteiger partial charge in [0.05, 0.1) is 5.69 Å². The van der Waals surface area contributed by atoms with E-state index in [1.807, 2.05) is 37.4 Å². The molecule has 3 rings (SSSR count). The number of rotatable bonds is 3. The number of hydrogen-bond donors (Lipinski definition) is 1. The summed E-state index contributed by atoms with van der Waals surface area (Å²) >= 11 is 3.45. The van der Waals surface area contributed by atoms with Crippen LogP contribution in [0.1, 0.15) is 11.3 Å². The van der Waals surface area contributed by atoms with Crippen LogP contribution in [0.5, 0.6) is 5.88 Å². The maximum absolute atomic E-state index is 5.68. The van der Waals surface area contributed by atoms with Crippen LogP contribution in [0.4, 0.5) is 0 Å². The van der Waals surface area contributed by atoms with Crippen molar-refractivity contribution in [3.8, 4) is 5.88 Å². The molecule has 5 heteroatoms. The molecule has 0 saturated carbocycles. The van der Waals surface area contributed by atoms with E-state index in [1.165, 1.54) is 0 Å². The summed E-state index contributed by atoms with van der Waals surface area (Å²) in [6.45, 7) is 2.44. The van der Waals surface area contributed by atoms with Crippen molar-refractivity contribution >= 4 is 27.0 Å². The molecule has 0 saturated heterocycles. The van der Waals surface area contributed by atoms with E-state index >= 15 is 0 Å². The van der Waals surface area contributed by atoms with Gasteiger partial charge in [-0.25, -0.2) is 0 Å². The lowest BCUT2D eigenvalue weighted by Gasteiger charge is -2.06. The zero-order chi connectivity index (χ0) is 13.2. The highest BCUT2D eigenvalue weighted by atomic mass is 79.9. The third kappa shape index (κ3) is 2.46. The van der Waals surface area contributed by atoms with Crippen molar-refractivity contribution < 1.29 is 4.74 Å². The standard InChI is InChI=1S/C14H12BrN3O/c1-9-3-2-6-16-12(9)8-19-13-5-4-10-11(15)7-17-14(10)18-13/h2-7H,8H2,1H3,(H,17,18). The van der Waals surface area contributed by atoms with Gasteiger partial charge < -0.3 is 9.72 Å². The predicted octanol–water partition coefficient (Wildman–Crippen LogP) is 3.61. The van der Waals surface area contributed by atoms with Gasteiger partial charge in [-0.05, 0) is 40.5 Å². The number of ether oxygens (including phenoxy) is 1. The molecule has 0 aliphatic rings. The Morgan fingerprint density at radius 2 is 2.21 bits per heavy atom. The molecule has 19 heavy (non-hydrogen) atoms. The van der Waals surface area contributed by atoms with Crippen molar-refractivity contribution in [3.05, 3.63) is 52.4 Å². The molecule has 96 valence electrons. The minimum absolute atomic E-state index is 0.424. The first-order chi connectivity index (χ1) is 9.24. The van der Waals surface area contributed by atoms with Gasteiger partial charge in [0, 0.05) is 28.3 Å². The molecule has 0 radical (unpaired) electrons. The lowest BCUT2D eigenvalue weighted by Crippen LogP contribution is -2.01. The number of pyridine rings is 2. The maximum atomic E-state index is 5.68. The van der Waals surface area contributed by atoms with Gasteiger partial charge >= 0.3 is 0 Å². The molecule has 3 aromatic rings. The number of aromatic amines is 1. The molecule has 4 nitrogen and oxygen atoms in total. The van der Waals surface area contributed by atoms with Crippen LogP contribution < -0.4 is 4.74 Å². The summed E-state index contributed by atoms with van der Waals surface area (Å²) in [6, 6.07) is 7.77. The fourth-order valence-corrected chi connectivity index (χ4v) is 2.28. The normalized spacial score (nSPS) is 10.8. The van der Waals surface area contributed by atoms with Crippen molar-refractivity contribution in [1.29, 1.82) is 0 Å². The Bertz CT molecular complexity index is 724. The summed E-state index contributed by atoms with van der Waals surface area (Å²) in [5.41, 5.74) is 2.85. The Kier molecular flexibility index (Phi) is 3.21. The van der Waals surface area contributed by atoms with Crippen LogP contribution >= 0.6 is 15.9 Å². The van der Waals surface area contributed by atoms with Gasteiger partial charge in [0.2, 0.25) is 5.88 Å². The van der Waals surface area contributed by atoms with Gasteiger partial charge in [-0.1, -0.05) is 6.07 Å². The van der Waals surface area contributed by atoms with E-state index in [0.29, 0.717) is 12.5 Å². The first-order valence-corrected chi connectivity index (χ1v) is 6.70. The first-order valence-electron chi connectivity index (χ1n) is 5.91. The number of hydrogen-bond acceptors (Lipinski definition) is 3. The van der Waals surface area contributed by atoms with E-state index in [0.717, 1.165) is 26.8 Å². The lowest BCUT2D eigenvalue weighted by atomic mass is 10.2. The number of fused-ring (bicyclic) bond motifs is 1. The summed E-state index contributed by atoms with van der Waals surface area (Å²) in [6.07, 6.45) is 3.63. The molecule has 0 aromatic carbocycles.